The van der Waals surface area contributed by atoms with E-state index >= 15 is 0 Å². The summed E-state index contributed by atoms with van der Waals surface area (Å²) in [7, 11) is 0. The molecule has 2 aromatic rings. The quantitative estimate of drug-likeness (QED) is 0.771. The maximum atomic E-state index is 12.9. The van der Waals surface area contributed by atoms with Crippen molar-refractivity contribution >= 4 is 29.4 Å². The first-order valence-corrected chi connectivity index (χ1v) is 8.59. The predicted octanol–water partition coefficient (Wildman–Crippen LogP) is 2.56. The molecule has 140 valence electrons. The van der Waals surface area contributed by atoms with Crippen LogP contribution in [0.15, 0.2) is 48.5 Å². The summed E-state index contributed by atoms with van der Waals surface area (Å²) < 4.78 is 12.9. The lowest BCUT2D eigenvalue weighted by atomic mass is 9.92. The van der Waals surface area contributed by atoms with E-state index in [1.807, 2.05) is 0 Å². The standard InChI is InChI=1S/C19H17ClFN3O3/c1-19(14-4-2-3-5-15(14)20)17(26)24(18(27)23-19)11-16(25)22-10-12-6-8-13(21)9-7-12/h2-9H,10-11H2,1H3,(H,22,25)(H,23,27). The van der Waals surface area contributed by atoms with Crippen molar-refractivity contribution < 1.29 is 18.8 Å². The predicted molar refractivity (Wildman–Crippen MR) is 97.3 cm³/mol. The van der Waals surface area contributed by atoms with Gasteiger partial charge in [-0.2, -0.15) is 0 Å². The summed E-state index contributed by atoms with van der Waals surface area (Å²) in [5.74, 6) is -1.44. The number of nitrogens with one attached hydrogen (secondary N) is 2. The molecule has 3 rings (SSSR count). The number of hydrogen-bond acceptors (Lipinski definition) is 3. The number of carbonyl (C=O) groups is 3. The Hall–Kier alpha value is -2.93. The maximum Gasteiger partial charge on any atom is 0.325 e. The molecule has 0 aliphatic carbocycles. The second-order valence-electron chi connectivity index (χ2n) is 6.33. The topological polar surface area (TPSA) is 78.5 Å². The van der Waals surface area contributed by atoms with Crippen molar-refractivity contribution in [2.45, 2.75) is 19.0 Å². The van der Waals surface area contributed by atoms with Crippen molar-refractivity contribution in [3.8, 4) is 0 Å². The number of carbonyl (C=O) groups excluding carboxylic acids is 3. The molecular weight excluding hydrogens is 373 g/mol. The van der Waals surface area contributed by atoms with Crippen LogP contribution in [0.25, 0.3) is 0 Å². The van der Waals surface area contributed by atoms with E-state index in [1.165, 1.54) is 24.3 Å². The Bertz CT molecular complexity index is 903. The smallest absolute Gasteiger partial charge is 0.325 e. The van der Waals surface area contributed by atoms with Crippen LogP contribution in [-0.2, 0) is 21.7 Å². The van der Waals surface area contributed by atoms with Crippen LogP contribution in [0.3, 0.4) is 0 Å². The minimum absolute atomic E-state index is 0.157. The number of nitrogens with zero attached hydrogens (tertiary/aromatic N) is 1. The molecule has 2 N–H and O–H groups in total. The molecule has 2 aromatic carbocycles. The summed E-state index contributed by atoms with van der Waals surface area (Å²) in [6.45, 7) is 1.28. The van der Waals surface area contributed by atoms with E-state index in [9.17, 15) is 18.8 Å². The first-order valence-electron chi connectivity index (χ1n) is 8.21. The van der Waals surface area contributed by atoms with Crippen LogP contribution < -0.4 is 10.6 Å². The number of amides is 4. The molecule has 0 radical (unpaired) electrons. The Kier molecular flexibility index (Phi) is 5.14. The van der Waals surface area contributed by atoms with Gasteiger partial charge in [-0.05, 0) is 30.7 Å². The molecule has 0 saturated carbocycles. The van der Waals surface area contributed by atoms with Crippen molar-refractivity contribution in [1.29, 1.82) is 0 Å². The first-order chi connectivity index (χ1) is 12.8. The Morgan fingerprint density at radius 2 is 1.85 bits per heavy atom. The number of urea groups is 1. The van der Waals surface area contributed by atoms with Gasteiger partial charge in [0.2, 0.25) is 5.91 Å². The molecule has 1 fully saturated rings. The zero-order valence-corrected chi connectivity index (χ0v) is 15.2. The lowest BCUT2D eigenvalue weighted by Crippen LogP contribution is -2.43. The summed E-state index contributed by atoms with van der Waals surface area (Å²) in [4.78, 5) is 38.1. The van der Waals surface area contributed by atoms with E-state index in [1.54, 1.807) is 31.2 Å². The van der Waals surface area contributed by atoms with E-state index in [0.29, 0.717) is 16.1 Å². The fourth-order valence-electron chi connectivity index (χ4n) is 2.89. The molecule has 1 unspecified atom stereocenters. The Labute approximate surface area is 160 Å². The fourth-order valence-corrected chi connectivity index (χ4v) is 3.22. The van der Waals surface area contributed by atoms with Crippen LogP contribution in [0, 0.1) is 5.82 Å². The average Bonchev–Trinajstić information content (AvgIpc) is 2.85. The van der Waals surface area contributed by atoms with Crippen molar-refractivity contribution in [2.24, 2.45) is 0 Å². The molecule has 0 spiro atoms. The van der Waals surface area contributed by atoms with Crippen LogP contribution >= 0.6 is 11.6 Å². The molecule has 1 heterocycles. The highest BCUT2D eigenvalue weighted by atomic mass is 35.5. The second-order valence-corrected chi connectivity index (χ2v) is 6.74. The van der Waals surface area contributed by atoms with E-state index in [0.717, 1.165) is 4.90 Å². The number of imide groups is 1. The van der Waals surface area contributed by atoms with Gasteiger partial charge >= 0.3 is 6.03 Å². The van der Waals surface area contributed by atoms with E-state index in [-0.39, 0.29) is 12.4 Å². The minimum atomic E-state index is -1.34. The maximum absolute atomic E-state index is 12.9. The van der Waals surface area contributed by atoms with Gasteiger partial charge in [-0.3, -0.25) is 14.5 Å². The van der Waals surface area contributed by atoms with E-state index < -0.39 is 29.9 Å². The van der Waals surface area contributed by atoms with Gasteiger partial charge in [0, 0.05) is 17.1 Å². The summed E-state index contributed by atoms with van der Waals surface area (Å²) >= 11 is 6.16. The molecule has 6 nitrogen and oxygen atoms in total. The lowest BCUT2D eigenvalue weighted by Gasteiger charge is -2.23. The SMILES string of the molecule is CC1(c2ccccc2Cl)NC(=O)N(CC(=O)NCc2ccc(F)cc2)C1=O. The van der Waals surface area contributed by atoms with E-state index in [2.05, 4.69) is 10.6 Å². The largest absolute Gasteiger partial charge is 0.350 e. The zero-order chi connectivity index (χ0) is 19.6. The first kappa shape index (κ1) is 18.8. The molecule has 8 heteroatoms. The van der Waals surface area contributed by atoms with Gasteiger partial charge in [-0.15, -0.1) is 0 Å². The van der Waals surface area contributed by atoms with Gasteiger partial charge in [-0.1, -0.05) is 41.9 Å². The number of hydrogen-bond donors (Lipinski definition) is 2. The molecule has 1 aliphatic heterocycles. The molecular formula is C19H17ClFN3O3. The highest BCUT2D eigenvalue weighted by molar-refractivity contribution is 6.32. The van der Waals surface area contributed by atoms with Crippen molar-refractivity contribution in [3.63, 3.8) is 0 Å². The van der Waals surface area contributed by atoms with Crippen LogP contribution in [0.1, 0.15) is 18.1 Å². The third-order valence-electron chi connectivity index (χ3n) is 4.39. The summed E-state index contributed by atoms with van der Waals surface area (Å²) in [6, 6.07) is 11.7. The van der Waals surface area contributed by atoms with Gasteiger partial charge < -0.3 is 10.6 Å². The van der Waals surface area contributed by atoms with Crippen molar-refractivity contribution in [2.75, 3.05) is 6.54 Å². The molecule has 4 amide bonds. The van der Waals surface area contributed by atoms with Gasteiger partial charge in [0.25, 0.3) is 5.91 Å². The van der Waals surface area contributed by atoms with Crippen molar-refractivity contribution in [1.82, 2.24) is 15.5 Å². The molecule has 27 heavy (non-hydrogen) atoms. The fraction of sp³-hybridized carbons (Fsp3) is 0.211. The average molecular weight is 390 g/mol. The van der Waals surface area contributed by atoms with Crippen LogP contribution in [-0.4, -0.2) is 29.3 Å². The van der Waals surface area contributed by atoms with Crippen LogP contribution in [0.4, 0.5) is 9.18 Å². The highest BCUT2D eigenvalue weighted by Crippen LogP contribution is 2.33. The van der Waals surface area contributed by atoms with Gasteiger partial charge in [-0.25, -0.2) is 9.18 Å². The van der Waals surface area contributed by atoms with Gasteiger partial charge in [0.05, 0.1) is 0 Å². The van der Waals surface area contributed by atoms with Gasteiger partial charge in [0.15, 0.2) is 0 Å². The zero-order valence-electron chi connectivity index (χ0n) is 14.5. The van der Waals surface area contributed by atoms with Crippen molar-refractivity contribution in [3.05, 3.63) is 70.5 Å². The molecule has 1 aliphatic rings. The Balaban J connectivity index is 1.67. The monoisotopic (exact) mass is 389 g/mol. The van der Waals surface area contributed by atoms with Crippen LogP contribution in [0.2, 0.25) is 5.02 Å². The minimum Gasteiger partial charge on any atom is -0.350 e. The summed E-state index contributed by atoms with van der Waals surface area (Å²) in [5, 5.41) is 5.55. The van der Waals surface area contributed by atoms with E-state index in [4.69, 9.17) is 11.6 Å². The summed E-state index contributed by atoms with van der Waals surface area (Å²) in [5.41, 5.74) is -0.186. The Morgan fingerprint density at radius 1 is 1.19 bits per heavy atom. The third-order valence-corrected chi connectivity index (χ3v) is 4.72. The third kappa shape index (κ3) is 3.78. The molecule has 1 saturated heterocycles. The number of halogens is 2. The number of rotatable bonds is 5. The highest BCUT2D eigenvalue weighted by Gasteiger charge is 2.50. The number of benzene rings is 2. The lowest BCUT2D eigenvalue weighted by molar-refractivity contribution is -0.134. The molecule has 0 aromatic heterocycles. The summed E-state index contributed by atoms with van der Waals surface area (Å²) in [6.07, 6.45) is 0. The van der Waals surface area contributed by atoms with Crippen LogP contribution in [0.5, 0.6) is 0 Å². The second kappa shape index (κ2) is 7.36. The molecule has 0 bridgehead atoms. The Morgan fingerprint density at radius 3 is 2.52 bits per heavy atom. The molecule has 1 atom stereocenters. The normalized spacial score (nSPS) is 19.1. The van der Waals surface area contributed by atoms with Gasteiger partial charge in [0.1, 0.15) is 17.9 Å².